The molecule has 2 aromatic carbocycles. The zero-order chi connectivity index (χ0) is 18.4. The van der Waals surface area contributed by atoms with Gasteiger partial charge < -0.3 is 18.8 Å². The Morgan fingerprint density at radius 2 is 1.56 bits per heavy atom. The Labute approximate surface area is 149 Å². The van der Waals surface area contributed by atoms with Crippen LogP contribution in [0.4, 0.5) is 0 Å². The summed E-state index contributed by atoms with van der Waals surface area (Å²) in [4.78, 5) is 0. The van der Waals surface area contributed by atoms with Gasteiger partial charge in [-0.25, -0.2) is 0 Å². The number of fused-ring (bicyclic) bond motifs is 1. The fourth-order valence-corrected chi connectivity index (χ4v) is 6.99. The highest BCUT2D eigenvalue weighted by atomic mass is 31.2. The summed E-state index contributed by atoms with van der Waals surface area (Å²) in [6.45, 7) is 7.94. The molecule has 2 aromatic rings. The third-order valence-corrected chi connectivity index (χ3v) is 9.08. The molecule has 0 spiro atoms. The standard InChI is InChI=1S/C20H25O4P/c1-13-24-17-12-7-9-14(19(17)25(13,21)20(2,3)4)18-15(22-5)10-8-11-16(18)23-6/h7-13H,1-6H3/t13-,25-/m0/s1. The fraction of sp³-hybridized carbons (Fsp3) is 0.400. The van der Waals surface area contributed by atoms with Crippen molar-refractivity contribution >= 4 is 12.4 Å². The number of ether oxygens (including phenoxy) is 3. The third kappa shape index (κ3) is 2.55. The zero-order valence-corrected chi connectivity index (χ0v) is 16.5. The molecule has 3 rings (SSSR count). The van der Waals surface area contributed by atoms with Crippen molar-refractivity contribution in [3.63, 3.8) is 0 Å². The van der Waals surface area contributed by atoms with Gasteiger partial charge in [0.05, 0.1) is 25.1 Å². The maximum absolute atomic E-state index is 14.2. The van der Waals surface area contributed by atoms with Crippen molar-refractivity contribution in [1.29, 1.82) is 0 Å². The Hall–Kier alpha value is -1.93. The van der Waals surface area contributed by atoms with E-state index in [1.807, 2.05) is 64.1 Å². The van der Waals surface area contributed by atoms with Gasteiger partial charge >= 0.3 is 0 Å². The van der Waals surface area contributed by atoms with Crippen molar-refractivity contribution in [2.24, 2.45) is 0 Å². The van der Waals surface area contributed by atoms with Crippen LogP contribution in [0, 0.1) is 0 Å². The maximum Gasteiger partial charge on any atom is 0.163 e. The average Bonchev–Trinajstić information content (AvgIpc) is 2.86. The van der Waals surface area contributed by atoms with Crippen LogP contribution in [0.15, 0.2) is 36.4 Å². The lowest BCUT2D eigenvalue weighted by molar-refractivity contribution is 0.303. The highest BCUT2D eigenvalue weighted by molar-refractivity contribution is 7.74. The molecule has 134 valence electrons. The first kappa shape index (κ1) is 17.9. The molecule has 0 fully saturated rings. The Kier molecular flexibility index (Phi) is 4.36. The van der Waals surface area contributed by atoms with Crippen molar-refractivity contribution in [3.8, 4) is 28.4 Å². The summed E-state index contributed by atoms with van der Waals surface area (Å²) in [5.74, 6) is 1.71. The van der Waals surface area contributed by atoms with E-state index in [9.17, 15) is 4.57 Å². The summed E-state index contributed by atoms with van der Waals surface area (Å²) >= 11 is 0. The van der Waals surface area contributed by atoms with Gasteiger partial charge in [0.25, 0.3) is 0 Å². The Morgan fingerprint density at radius 1 is 1.00 bits per heavy atom. The van der Waals surface area contributed by atoms with Gasteiger partial charge in [0.2, 0.25) is 0 Å². The minimum atomic E-state index is -2.83. The zero-order valence-electron chi connectivity index (χ0n) is 15.6. The van der Waals surface area contributed by atoms with Crippen molar-refractivity contribution in [2.45, 2.75) is 38.7 Å². The summed E-state index contributed by atoms with van der Waals surface area (Å²) in [7, 11) is 0.426. The van der Waals surface area contributed by atoms with Crippen LogP contribution >= 0.6 is 7.14 Å². The third-order valence-electron chi connectivity index (χ3n) is 4.83. The lowest BCUT2D eigenvalue weighted by Crippen LogP contribution is -2.27. The molecule has 0 saturated heterocycles. The second kappa shape index (κ2) is 6.10. The molecule has 0 amide bonds. The smallest absolute Gasteiger partial charge is 0.163 e. The largest absolute Gasteiger partial charge is 0.496 e. The van der Waals surface area contributed by atoms with Gasteiger partial charge in [0.15, 0.2) is 13.0 Å². The van der Waals surface area contributed by atoms with E-state index in [2.05, 4.69) is 0 Å². The lowest BCUT2D eigenvalue weighted by Gasteiger charge is -2.31. The number of hydrogen-bond donors (Lipinski definition) is 0. The van der Waals surface area contributed by atoms with Crippen LogP contribution in [0.5, 0.6) is 17.2 Å². The molecule has 0 aliphatic carbocycles. The van der Waals surface area contributed by atoms with Crippen LogP contribution < -0.4 is 19.5 Å². The molecule has 5 heteroatoms. The van der Waals surface area contributed by atoms with Gasteiger partial charge in [-0.15, -0.1) is 0 Å². The molecule has 0 N–H and O–H groups in total. The molecule has 25 heavy (non-hydrogen) atoms. The number of benzene rings is 2. The SMILES string of the molecule is COc1cccc(OC)c1-c1cccc2c1[P@](=O)(C(C)(C)C)[C@@H](C)O2. The summed E-state index contributed by atoms with van der Waals surface area (Å²) in [5, 5.41) is 0.376. The van der Waals surface area contributed by atoms with E-state index < -0.39 is 12.3 Å². The molecule has 0 unspecified atom stereocenters. The molecule has 0 saturated carbocycles. The molecule has 1 heterocycles. The van der Waals surface area contributed by atoms with Crippen LogP contribution in [0.1, 0.15) is 27.7 Å². The second-order valence-corrected chi connectivity index (χ2v) is 11.1. The first-order chi connectivity index (χ1) is 11.8. The van der Waals surface area contributed by atoms with Crippen LogP contribution in [0.3, 0.4) is 0 Å². The Balaban J connectivity index is 2.38. The first-order valence-corrected chi connectivity index (χ1v) is 10.1. The molecular formula is C20H25O4P. The van der Waals surface area contributed by atoms with Crippen LogP contribution in [0.25, 0.3) is 11.1 Å². The predicted octanol–water partition coefficient (Wildman–Crippen LogP) is 4.90. The first-order valence-electron chi connectivity index (χ1n) is 8.37. The summed E-state index contributed by atoms with van der Waals surface area (Å²) < 4.78 is 31.3. The molecule has 0 aromatic heterocycles. The Morgan fingerprint density at radius 3 is 2.08 bits per heavy atom. The maximum atomic E-state index is 14.2. The van der Waals surface area contributed by atoms with E-state index in [0.29, 0.717) is 17.2 Å². The van der Waals surface area contributed by atoms with Crippen molar-refractivity contribution in [3.05, 3.63) is 36.4 Å². The highest BCUT2D eigenvalue weighted by Crippen LogP contribution is 2.67. The van der Waals surface area contributed by atoms with E-state index in [1.165, 1.54) is 0 Å². The lowest BCUT2D eigenvalue weighted by atomic mass is 10.0. The molecule has 0 radical (unpaired) electrons. The summed E-state index contributed by atoms with van der Waals surface area (Å²) in [6, 6.07) is 11.4. The molecule has 1 aliphatic heterocycles. The highest BCUT2D eigenvalue weighted by Gasteiger charge is 2.51. The van der Waals surface area contributed by atoms with E-state index in [4.69, 9.17) is 14.2 Å². The number of rotatable bonds is 3. The minimum Gasteiger partial charge on any atom is -0.496 e. The van der Waals surface area contributed by atoms with Crippen molar-refractivity contribution in [2.75, 3.05) is 14.2 Å². The van der Waals surface area contributed by atoms with Gasteiger partial charge in [-0.3, -0.25) is 0 Å². The predicted molar refractivity (Wildman–Crippen MR) is 102 cm³/mol. The van der Waals surface area contributed by atoms with Gasteiger partial charge in [0.1, 0.15) is 17.2 Å². The molecule has 0 bridgehead atoms. The minimum absolute atomic E-state index is 0.357. The van der Waals surface area contributed by atoms with E-state index >= 15 is 0 Å². The average molecular weight is 360 g/mol. The topological polar surface area (TPSA) is 44.8 Å². The number of methoxy groups -OCH3 is 2. The van der Waals surface area contributed by atoms with Gasteiger partial charge in [-0.05, 0) is 25.1 Å². The molecule has 2 atom stereocenters. The van der Waals surface area contributed by atoms with Crippen molar-refractivity contribution < 1.29 is 18.8 Å². The molecule has 1 aliphatic rings. The molecular weight excluding hydrogens is 335 g/mol. The van der Waals surface area contributed by atoms with E-state index in [-0.39, 0.29) is 5.85 Å². The van der Waals surface area contributed by atoms with Gasteiger partial charge in [-0.1, -0.05) is 39.0 Å². The van der Waals surface area contributed by atoms with Gasteiger partial charge in [-0.2, -0.15) is 0 Å². The van der Waals surface area contributed by atoms with Crippen LogP contribution in [0.2, 0.25) is 0 Å². The monoisotopic (exact) mass is 360 g/mol. The van der Waals surface area contributed by atoms with Crippen LogP contribution in [-0.2, 0) is 4.57 Å². The quantitative estimate of drug-likeness (QED) is 0.731. The summed E-state index contributed by atoms with van der Waals surface area (Å²) in [5.41, 5.74) is 1.67. The normalized spacial score (nSPS) is 22.2. The van der Waals surface area contributed by atoms with Gasteiger partial charge in [0, 0.05) is 10.7 Å². The van der Waals surface area contributed by atoms with Crippen molar-refractivity contribution in [1.82, 2.24) is 0 Å². The van der Waals surface area contributed by atoms with Crippen LogP contribution in [-0.4, -0.2) is 25.2 Å². The fourth-order valence-electron chi connectivity index (χ4n) is 3.60. The summed E-state index contributed by atoms with van der Waals surface area (Å²) in [6.07, 6.45) is 0. The van der Waals surface area contributed by atoms with E-state index in [1.54, 1.807) is 14.2 Å². The molecule has 4 nitrogen and oxygen atoms in total. The van der Waals surface area contributed by atoms with E-state index in [0.717, 1.165) is 16.4 Å². The number of hydrogen-bond acceptors (Lipinski definition) is 4. The second-order valence-electron chi connectivity index (χ2n) is 7.24. The Bertz CT molecular complexity index is 829.